The van der Waals surface area contributed by atoms with Gasteiger partial charge in [0.1, 0.15) is 5.69 Å². The van der Waals surface area contributed by atoms with Gasteiger partial charge in [0.25, 0.3) is 5.56 Å². The van der Waals surface area contributed by atoms with Crippen LogP contribution in [0.4, 0.5) is 18.9 Å². The minimum Gasteiger partial charge on any atom is -0.394 e. The van der Waals surface area contributed by atoms with Gasteiger partial charge in [0, 0.05) is 0 Å². The highest BCUT2D eigenvalue weighted by Gasteiger charge is 2.35. The molecule has 1 aromatic heterocycles. The Bertz CT molecular complexity index is 742. The third-order valence-electron chi connectivity index (χ3n) is 3.32. The Morgan fingerprint density at radius 2 is 1.83 bits per heavy atom. The molecule has 8 heteroatoms. The van der Waals surface area contributed by atoms with Crippen molar-refractivity contribution in [3.63, 3.8) is 0 Å². The fraction of sp³-hybridized carbons (Fsp3) is 0.267. The minimum absolute atomic E-state index is 0.0374. The van der Waals surface area contributed by atoms with E-state index in [4.69, 9.17) is 10.8 Å². The molecule has 0 bridgehead atoms. The summed E-state index contributed by atoms with van der Waals surface area (Å²) < 4.78 is 40.1. The summed E-state index contributed by atoms with van der Waals surface area (Å²) in [5.74, 6) is 0. The fourth-order valence-electron chi connectivity index (χ4n) is 2.19. The van der Waals surface area contributed by atoms with Crippen LogP contribution >= 0.6 is 0 Å². The summed E-state index contributed by atoms with van der Waals surface area (Å²) in [4.78, 5) is 12.2. The molecule has 5 nitrogen and oxygen atoms in total. The smallest absolute Gasteiger partial charge is 0.394 e. The SMILES string of the molecule is Nc1c(C(F)(F)F)cc(-c2ccccc2)n(CC(O)CO)c1=O. The molecule has 1 heterocycles. The van der Waals surface area contributed by atoms with E-state index >= 15 is 0 Å². The van der Waals surface area contributed by atoms with Gasteiger partial charge >= 0.3 is 6.18 Å². The van der Waals surface area contributed by atoms with E-state index in [-0.39, 0.29) is 12.2 Å². The number of pyridine rings is 1. The van der Waals surface area contributed by atoms with Crippen LogP contribution in [0.1, 0.15) is 5.56 Å². The number of hydrogen-bond acceptors (Lipinski definition) is 4. The van der Waals surface area contributed by atoms with Crippen LogP contribution in [0.3, 0.4) is 0 Å². The normalized spacial score (nSPS) is 13.1. The fourth-order valence-corrected chi connectivity index (χ4v) is 2.19. The first-order chi connectivity index (χ1) is 10.8. The van der Waals surface area contributed by atoms with E-state index in [0.717, 1.165) is 10.6 Å². The van der Waals surface area contributed by atoms with E-state index in [1.54, 1.807) is 18.2 Å². The molecule has 0 amide bonds. The quantitative estimate of drug-likeness (QED) is 0.793. The average Bonchev–Trinajstić information content (AvgIpc) is 2.51. The number of aliphatic hydroxyl groups excluding tert-OH is 2. The van der Waals surface area contributed by atoms with Gasteiger partial charge in [-0.3, -0.25) is 4.79 Å². The molecule has 0 aliphatic carbocycles. The first-order valence-electron chi connectivity index (χ1n) is 6.70. The molecule has 0 aliphatic heterocycles. The molecule has 124 valence electrons. The van der Waals surface area contributed by atoms with E-state index in [9.17, 15) is 23.1 Å². The minimum atomic E-state index is -4.78. The molecular formula is C15H15F3N2O3. The number of hydrogen-bond donors (Lipinski definition) is 3. The Hall–Kier alpha value is -2.32. The standard InChI is InChI=1S/C15H15F3N2O3/c16-15(17,18)11-6-12(9-4-2-1-3-5-9)20(7-10(22)8-21)14(23)13(11)19/h1-6,10,21-22H,7-8,19H2. The summed E-state index contributed by atoms with van der Waals surface area (Å²) in [7, 11) is 0. The molecule has 0 spiro atoms. The predicted molar refractivity (Wildman–Crippen MR) is 78.6 cm³/mol. The van der Waals surface area contributed by atoms with Crippen molar-refractivity contribution in [2.45, 2.75) is 18.8 Å². The summed E-state index contributed by atoms with van der Waals surface area (Å²) in [5.41, 5.74) is 2.43. The summed E-state index contributed by atoms with van der Waals surface area (Å²) in [6.07, 6.45) is -6.08. The number of nitrogen functional groups attached to an aromatic ring is 1. The third-order valence-corrected chi connectivity index (χ3v) is 3.32. The van der Waals surface area contributed by atoms with E-state index in [1.807, 2.05) is 0 Å². The van der Waals surface area contributed by atoms with Gasteiger partial charge in [-0.05, 0) is 11.6 Å². The summed E-state index contributed by atoms with van der Waals surface area (Å²) in [6, 6.07) is 8.74. The summed E-state index contributed by atoms with van der Waals surface area (Å²) in [5, 5.41) is 18.5. The second-order valence-corrected chi connectivity index (χ2v) is 4.97. The Morgan fingerprint density at radius 1 is 1.22 bits per heavy atom. The molecule has 1 aromatic carbocycles. The zero-order valence-electron chi connectivity index (χ0n) is 11.9. The van der Waals surface area contributed by atoms with Crippen LogP contribution in [0, 0.1) is 0 Å². The molecule has 4 N–H and O–H groups in total. The lowest BCUT2D eigenvalue weighted by Gasteiger charge is -2.19. The van der Waals surface area contributed by atoms with Gasteiger partial charge in [-0.25, -0.2) is 0 Å². The number of benzene rings is 1. The van der Waals surface area contributed by atoms with Gasteiger partial charge in [-0.1, -0.05) is 30.3 Å². The van der Waals surface area contributed by atoms with Gasteiger partial charge in [0.05, 0.1) is 30.5 Å². The van der Waals surface area contributed by atoms with E-state index in [0.29, 0.717) is 5.56 Å². The Kier molecular flexibility index (Phi) is 4.76. The predicted octanol–water partition coefficient (Wildman–Crippen LogP) is 1.47. The highest BCUT2D eigenvalue weighted by molar-refractivity contribution is 5.64. The van der Waals surface area contributed by atoms with Crippen LogP contribution < -0.4 is 11.3 Å². The lowest BCUT2D eigenvalue weighted by Crippen LogP contribution is -2.33. The van der Waals surface area contributed by atoms with Crippen molar-refractivity contribution < 1.29 is 23.4 Å². The number of rotatable bonds is 4. The lowest BCUT2D eigenvalue weighted by molar-refractivity contribution is -0.137. The molecule has 0 radical (unpaired) electrons. The third kappa shape index (κ3) is 3.54. The molecule has 1 atom stereocenters. The molecule has 23 heavy (non-hydrogen) atoms. The van der Waals surface area contributed by atoms with Gasteiger partial charge in [0.15, 0.2) is 0 Å². The summed E-state index contributed by atoms with van der Waals surface area (Å²) >= 11 is 0. The van der Waals surface area contributed by atoms with E-state index < -0.39 is 35.7 Å². The molecule has 1 unspecified atom stereocenters. The van der Waals surface area contributed by atoms with Crippen LogP contribution in [0.5, 0.6) is 0 Å². The zero-order chi connectivity index (χ0) is 17.2. The van der Waals surface area contributed by atoms with E-state index in [2.05, 4.69) is 0 Å². The van der Waals surface area contributed by atoms with Crippen LogP contribution in [0.2, 0.25) is 0 Å². The number of nitrogens with zero attached hydrogens (tertiary/aromatic N) is 1. The van der Waals surface area contributed by atoms with Crippen LogP contribution in [0.15, 0.2) is 41.2 Å². The second-order valence-electron chi connectivity index (χ2n) is 4.97. The van der Waals surface area contributed by atoms with Crippen molar-refractivity contribution in [2.24, 2.45) is 0 Å². The first-order valence-corrected chi connectivity index (χ1v) is 6.70. The lowest BCUT2D eigenvalue weighted by atomic mass is 10.1. The highest BCUT2D eigenvalue weighted by Crippen LogP contribution is 2.34. The van der Waals surface area contributed by atoms with Crippen LogP contribution in [0.25, 0.3) is 11.3 Å². The number of aliphatic hydroxyl groups is 2. The molecule has 0 saturated heterocycles. The maximum atomic E-state index is 13.1. The topological polar surface area (TPSA) is 88.5 Å². The Balaban J connectivity index is 2.74. The van der Waals surface area contributed by atoms with Crippen molar-refractivity contribution in [1.29, 1.82) is 0 Å². The maximum Gasteiger partial charge on any atom is 0.418 e. The summed E-state index contributed by atoms with van der Waals surface area (Å²) in [6.45, 7) is -1.01. The van der Waals surface area contributed by atoms with Gasteiger partial charge in [-0.15, -0.1) is 0 Å². The van der Waals surface area contributed by atoms with Crippen molar-refractivity contribution in [3.8, 4) is 11.3 Å². The number of halogens is 3. The van der Waals surface area contributed by atoms with Crippen molar-refractivity contribution in [1.82, 2.24) is 4.57 Å². The van der Waals surface area contributed by atoms with Crippen LogP contribution in [-0.2, 0) is 12.7 Å². The Labute approximate surface area is 129 Å². The second kappa shape index (κ2) is 6.43. The molecular weight excluding hydrogens is 313 g/mol. The molecule has 2 rings (SSSR count). The van der Waals surface area contributed by atoms with E-state index in [1.165, 1.54) is 12.1 Å². The number of anilines is 1. The van der Waals surface area contributed by atoms with Gasteiger partial charge in [0.2, 0.25) is 0 Å². The monoisotopic (exact) mass is 328 g/mol. The van der Waals surface area contributed by atoms with Crippen molar-refractivity contribution in [3.05, 3.63) is 52.3 Å². The molecule has 2 aromatic rings. The van der Waals surface area contributed by atoms with Crippen molar-refractivity contribution in [2.75, 3.05) is 12.3 Å². The molecule has 0 fully saturated rings. The van der Waals surface area contributed by atoms with Crippen molar-refractivity contribution >= 4 is 5.69 Å². The largest absolute Gasteiger partial charge is 0.418 e. The molecule has 0 saturated carbocycles. The Morgan fingerprint density at radius 3 is 2.35 bits per heavy atom. The van der Waals surface area contributed by atoms with Gasteiger partial charge in [-0.2, -0.15) is 13.2 Å². The zero-order valence-corrected chi connectivity index (χ0v) is 11.9. The highest BCUT2D eigenvalue weighted by atomic mass is 19.4. The van der Waals surface area contributed by atoms with Gasteiger partial charge < -0.3 is 20.5 Å². The van der Waals surface area contributed by atoms with Crippen LogP contribution in [-0.4, -0.2) is 27.5 Å². The average molecular weight is 328 g/mol. The first kappa shape index (κ1) is 17.0. The number of aromatic nitrogens is 1. The number of alkyl halides is 3. The maximum absolute atomic E-state index is 13.1. The molecule has 0 aliphatic rings. The number of nitrogens with two attached hydrogens (primary N) is 1.